The lowest BCUT2D eigenvalue weighted by Gasteiger charge is -2.10. The summed E-state index contributed by atoms with van der Waals surface area (Å²) < 4.78 is 0. The molecule has 1 aromatic heterocycles. The van der Waals surface area contributed by atoms with Crippen LogP contribution in [0.25, 0.3) is 0 Å². The number of aromatic nitrogens is 1. The average Bonchev–Trinajstić information content (AvgIpc) is 3.05. The summed E-state index contributed by atoms with van der Waals surface area (Å²) in [6.07, 6.45) is 8.13. The van der Waals surface area contributed by atoms with E-state index in [2.05, 4.69) is 20.6 Å². The third-order valence-electron chi connectivity index (χ3n) is 4.08. The lowest BCUT2D eigenvalue weighted by Crippen LogP contribution is -2.38. The van der Waals surface area contributed by atoms with Crippen molar-refractivity contribution < 1.29 is 4.79 Å². The van der Waals surface area contributed by atoms with E-state index in [4.69, 9.17) is 5.73 Å². The minimum absolute atomic E-state index is 0.143. The highest BCUT2D eigenvalue weighted by Crippen LogP contribution is 2.27. The van der Waals surface area contributed by atoms with Gasteiger partial charge in [0.1, 0.15) is 0 Å². The Bertz CT molecular complexity index is 497. The minimum atomic E-state index is 0.143. The number of nitrogens with two attached hydrogens (primary N) is 1. The summed E-state index contributed by atoms with van der Waals surface area (Å²) >= 11 is 0. The molecule has 6 heteroatoms. The molecule has 1 aliphatic carbocycles. The van der Waals surface area contributed by atoms with Gasteiger partial charge in [-0.1, -0.05) is 18.9 Å². The largest absolute Gasteiger partial charge is 0.370 e. The number of hydrogen-bond acceptors (Lipinski definition) is 3. The molecule has 1 aromatic rings. The minimum Gasteiger partial charge on any atom is -0.370 e. The van der Waals surface area contributed by atoms with Crippen molar-refractivity contribution in [2.75, 3.05) is 19.6 Å². The summed E-state index contributed by atoms with van der Waals surface area (Å²) in [4.78, 5) is 20.2. The first-order valence-corrected chi connectivity index (χ1v) is 8.44. The number of rotatable bonds is 8. The van der Waals surface area contributed by atoms with E-state index in [1.807, 2.05) is 18.2 Å². The van der Waals surface area contributed by atoms with Crippen LogP contribution in [0.2, 0.25) is 0 Å². The number of amides is 1. The van der Waals surface area contributed by atoms with Crippen LogP contribution in [-0.2, 0) is 11.2 Å². The molecular weight excluding hydrogens is 290 g/mol. The van der Waals surface area contributed by atoms with Gasteiger partial charge in [-0.25, -0.2) is 0 Å². The molecule has 1 fully saturated rings. The van der Waals surface area contributed by atoms with Gasteiger partial charge in [0.15, 0.2) is 5.96 Å². The number of aliphatic imine (C=N–C) groups is 1. The Balaban J connectivity index is 1.52. The maximum Gasteiger partial charge on any atom is 0.220 e. The fourth-order valence-electron chi connectivity index (χ4n) is 2.83. The van der Waals surface area contributed by atoms with E-state index in [0.29, 0.717) is 37.9 Å². The fraction of sp³-hybridized carbons (Fsp3) is 0.588. The number of pyridine rings is 1. The lowest BCUT2D eigenvalue weighted by atomic mass is 10.0. The molecule has 0 bridgehead atoms. The molecule has 1 heterocycles. The molecule has 1 aliphatic rings. The molecule has 1 saturated carbocycles. The van der Waals surface area contributed by atoms with E-state index in [1.54, 1.807) is 6.20 Å². The average molecular weight is 317 g/mol. The Morgan fingerprint density at radius 3 is 2.78 bits per heavy atom. The lowest BCUT2D eigenvalue weighted by molar-refractivity contribution is -0.121. The second-order valence-electron chi connectivity index (χ2n) is 5.97. The number of nitrogens with zero attached hydrogens (tertiary/aromatic N) is 2. The molecule has 0 aromatic carbocycles. The van der Waals surface area contributed by atoms with Crippen molar-refractivity contribution in [1.82, 2.24) is 15.6 Å². The molecule has 6 nitrogen and oxygen atoms in total. The molecule has 23 heavy (non-hydrogen) atoms. The highest BCUT2D eigenvalue weighted by Gasteiger charge is 2.17. The zero-order valence-electron chi connectivity index (χ0n) is 13.6. The number of carbonyl (C=O) groups is 1. The Labute approximate surface area is 138 Å². The van der Waals surface area contributed by atoms with Crippen molar-refractivity contribution >= 4 is 11.9 Å². The number of hydrogen-bond donors (Lipinski definition) is 3. The van der Waals surface area contributed by atoms with Crippen molar-refractivity contribution in [3.63, 3.8) is 0 Å². The molecule has 0 unspecified atom stereocenters. The Morgan fingerprint density at radius 2 is 2.04 bits per heavy atom. The smallest absolute Gasteiger partial charge is 0.220 e. The first-order chi connectivity index (χ1) is 11.2. The fourth-order valence-corrected chi connectivity index (χ4v) is 2.83. The van der Waals surface area contributed by atoms with Gasteiger partial charge < -0.3 is 16.4 Å². The standard InChI is InChI=1S/C17H27N5O/c18-17(21-10-8-15-7-3-4-9-19-15)22-12-11-20-16(23)13-14-5-1-2-6-14/h3-4,7,9,14H,1-2,5-6,8,10-13H2,(H,20,23)(H3,18,21,22). The van der Waals surface area contributed by atoms with E-state index in [9.17, 15) is 4.79 Å². The van der Waals surface area contributed by atoms with Gasteiger partial charge in [0.25, 0.3) is 0 Å². The van der Waals surface area contributed by atoms with Crippen LogP contribution in [0.15, 0.2) is 29.4 Å². The van der Waals surface area contributed by atoms with E-state index in [-0.39, 0.29) is 5.91 Å². The predicted octanol–water partition coefficient (Wildman–Crippen LogP) is 1.22. The molecule has 0 atom stereocenters. The summed E-state index contributed by atoms with van der Waals surface area (Å²) in [5.41, 5.74) is 6.80. The van der Waals surface area contributed by atoms with Crippen LogP contribution in [0, 0.1) is 5.92 Å². The van der Waals surface area contributed by atoms with Gasteiger partial charge in [-0.2, -0.15) is 0 Å². The van der Waals surface area contributed by atoms with Crippen molar-refractivity contribution in [3.05, 3.63) is 30.1 Å². The van der Waals surface area contributed by atoms with E-state index in [0.717, 1.165) is 12.1 Å². The number of carbonyl (C=O) groups excluding carboxylic acids is 1. The van der Waals surface area contributed by atoms with Gasteiger partial charge >= 0.3 is 0 Å². The maximum atomic E-state index is 11.8. The SMILES string of the molecule is NC(=NCCc1ccccn1)NCCNC(=O)CC1CCCC1. The van der Waals surface area contributed by atoms with Crippen molar-refractivity contribution in [2.24, 2.45) is 16.6 Å². The molecule has 126 valence electrons. The number of nitrogens with one attached hydrogen (secondary N) is 2. The summed E-state index contributed by atoms with van der Waals surface area (Å²) in [7, 11) is 0. The highest BCUT2D eigenvalue weighted by molar-refractivity contribution is 5.78. The van der Waals surface area contributed by atoms with Crippen molar-refractivity contribution in [3.8, 4) is 0 Å². The molecule has 0 spiro atoms. The van der Waals surface area contributed by atoms with Crippen LogP contribution >= 0.6 is 0 Å². The van der Waals surface area contributed by atoms with Gasteiger partial charge in [0.05, 0.1) is 0 Å². The topological polar surface area (TPSA) is 92.4 Å². The summed E-state index contributed by atoms with van der Waals surface area (Å²) in [5, 5.41) is 5.94. The highest BCUT2D eigenvalue weighted by atomic mass is 16.1. The first-order valence-electron chi connectivity index (χ1n) is 8.44. The third kappa shape index (κ3) is 7.13. The molecule has 0 saturated heterocycles. The van der Waals surface area contributed by atoms with Crippen LogP contribution < -0.4 is 16.4 Å². The van der Waals surface area contributed by atoms with Crippen LogP contribution in [0.5, 0.6) is 0 Å². The molecule has 0 aliphatic heterocycles. The number of guanidine groups is 1. The van der Waals surface area contributed by atoms with Crippen molar-refractivity contribution in [1.29, 1.82) is 0 Å². The van der Waals surface area contributed by atoms with E-state index >= 15 is 0 Å². The zero-order valence-corrected chi connectivity index (χ0v) is 13.6. The molecule has 0 radical (unpaired) electrons. The Kier molecular flexibility index (Phi) is 7.36. The Morgan fingerprint density at radius 1 is 1.26 bits per heavy atom. The van der Waals surface area contributed by atoms with Crippen LogP contribution in [0.1, 0.15) is 37.8 Å². The second-order valence-corrected chi connectivity index (χ2v) is 5.97. The van der Waals surface area contributed by atoms with Gasteiger partial charge in [-0.05, 0) is 30.9 Å². The van der Waals surface area contributed by atoms with Crippen LogP contribution in [0.4, 0.5) is 0 Å². The Hall–Kier alpha value is -2.11. The second kappa shape index (κ2) is 9.82. The normalized spacial score (nSPS) is 15.6. The molecule has 2 rings (SSSR count). The van der Waals surface area contributed by atoms with E-state index in [1.165, 1.54) is 25.7 Å². The van der Waals surface area contributed by atoms with Gasteiger partial charge in [0, 0.05) is 44.4 Å². The third-order valence-corrected chi connectivity index (χ3v) is 4.08. The first kappa shape index (κ1) is 17.2. The van der Waals surface area contributed by atoms with Gasteiger partial charge in [-0.3, -0.25) is 14.8 Å². The monoisotopic (exact) mass is 317 g/mol. The maximum absolute atomic E-state index is 11.8. The van der Waals surface area contributed by atoms with Crippen LogP contribution in [-0.4, -0.2) is 36.5 Å². The van der Waals surface area contributed by atoms with Crippen molar-refractivity contribution in [2.45, 2.75) is 38.5 Å². The summed E-state index contributed by atoms with van der Waals surface area (Å²) in [6, 6.07) is 5.82. The predicted molar refractivity (Wildman–Crippen MR) is 92.0 cm³/mol. The zero-order chi connectivity index (χ0) is 16.3. The summed E-state index contributed by atoms with van der Waals surface area (Å²) in [6.45, 7) is 1.77. The van der Waals surface area contributed by atoms with Gasteiger partial charge in [-0.15, -0.1) is 0 Å². The van der Waals surface area contributed by atoms with Crippen LogP contribution in [0.3, 0.4) is 0 Å². The molecular formula is C17H27N5O. The van der Waals surface area contributed by atoms with E-state index < -0.39 is 0 Å². The van der Waals surface area contributed by atoms with Gasteiger partial charge in [0.2, 0.25) is 5.91 Å². The molecule has 4 N–H and O–H groups in total. The summed E-state index contributed by atoms with van der Waals surface area (Å²) in [5.74, 6) is 1.14. The molecule has 1 amide bonds. The quantitative estimate of drug-likeness (QED) is 0.382.